The standard InChI is InChI=1S/C25H27N3O5/c1-26-11-25(12-28(13-25)24(30)15-4-7-20-21(8-15)33-14-32-20)22-17-6-5-16(31-3)9-18(17)27(2)23(22)19(26)10-29/h4-9,19,29H,10-14H2,1-3H3/t19-/m0/s1. The lowest BCUT2D eigenvalue weighted by atomic mass is 9.68. The third-order valence-corrected chi connectivity index (χ3v) is 7.45. The summed E-state index contributed by atoms with van der Waals surface area (Å²) in [4.78, 5) is 17.4. The number of methoxy groups -OCH3 is 1. The van der Waals surface area contributed by atoms with Crippen LogP contribution in [0.2, 0.25) is 0 Å². The molecule has 3 aromatic rings. The van der Waals surface area contributed by atoms with Gasteiger partial charge >= 0.3 is 0 Å². The smallest absolute Gasteiger partial charge is 0.254 e. The Morgan fingerprint density at radius 1 is 1.12 bits per heavy atom. The number of carbonyl (C=O) groups excluding carboxylic acids is 1. The van der Waals surface area contributed by atoms with Gasteiger partial charge in [-0.15, -0.1) is 0 Å². The van der Waals surface area contributed by atoms with Gasteiger partial charge in [-0.25, -0.2) is 0 Å². The van der Waals surface area contributed by atoms with E-state index in [1.807, 2.05) is 31.1 Å². The molecule has 6 rings (SSSR count). The van der Waals surface area contributed by atoms with Gasteiger partial charge in [0.15, 0.2) is 11.5 Å². The van der Waals surface area contributed by atoms with E-state index >= 15 is 0 Å². The number of carbonyl (C=O) groups is 1. The van der Waals surface area contributed by atoms with Gasteiger partial charge in [0.05, 0.1) is 25.3 Å². The van der Waals surface area contributed by atoms with Crippen molar-refractivity contribution in [2.45, 2.75) is 11.5 Å². The predicted molar refractivity (Wildman–Crippen MR) is 122 cm³/mol. The number of aliphatic hydroxyl groups is 1. The van der Waals surface area contributed by atoms with Gasteiger partial charge in [-0.3, -0.25) is 9.69 Å². The molecule has 0 saturated carbocycles. The Labute approximate surface area is 191 Å². The summed E-state index contributed by atoms with van der Waals surface area (Å²) in [6, 6.07) is 11.4. The number of rotatable bonds is 3. The van der Waals surface area contributed by atoms with Crippen LogP contribution in [0.3, 0.4) is 0 Å². The first kappa shape index (κ1) is 20.4. The molecule has 33 heavy (non-hydrogen) atoms. The number of ether oxygens (including phenoxy) is 3. The normalized spacial score (nSPS) is 20.7. The lowest BCUT2D eigenvalue weighted by molar-refractivity contribution is 0.00760. The molecular weight excluding hydrogens is 422 g/mol. The maximum Gasteiger partial charge on any atom is 0.254 e. The van der Waals surface area contributed by atoms with E-state index < -0.39 is 0 Å². The molecule has 172 valence electrons. The monoisotopic (exact) mass is 449 g/mol. The predicted octanol–water partition coefficient (Wildman–Crippen LogP) is 2.29. The number of likely N-dealkylation sites (tertiary alicyclic amines) is 1. The van der Waals surface area contributed by atoms with Crippen LogP contribution < -0.4 is 14.2 Å². The highest BCUT2D eigenvalue weighted by Crippen LogP contribution is 2.49. The van der Waals surface area contributed by atoms with Crippen LogP contribution in [-0.2, 0) is 12.5 Å². The number of benzene rings is 2. The molecule has 0 bridgehead atoms. The average molecular weight is 450 g/mol. The number of hydrogen-bond acceptors (Lipinski definition) is 6. The molecule has 8 nitrogen and oxygen atoms in total. The molecule has 4 heterocycles. The molecule has 1 spiro atoms. The van der Waals surface area contributed by atoms with Gasteiger partial charge < -0.3 is 28.8 Å². The Morgan fingerprint density at radius 3 is 2.67 bits per heavy atom. The number of fused-ring (bicyclic) bond motifs is 5. The van der Waals surface area contributed by atoms with Gasteiger partial charge in [0.1, 0.15) is 5.75 Å². The maximum atomic E-state index is 13.3. The van der Waals surface area contributed by atoms with Crippen molar-refractivity contribution in [1.82, 2.24) is 14.4 Å². The van der Waals surface area contributed by atoms with Crippen molar-refractivity contribution >= 4 is 16.8 Å². The Kier molecular flexibility index (Phi) is 4.41. The minimum absolute atomic E-state index is 0.00526. The molecular formula is C25H27N3O5. The summed E-state index contributed by atoms with van der Waals surface area (Å²) in [6.45, 7) is 2.26. The summed E-state index contributed by atoms with van der Waals surface area (Å²) in [5.74, 6) is 2.09. The van der Waals surface area contributed by atoms with E-state index in [0.29, 0.717) is 30.2 Å². The van der Waals surface area contributed by atoms with E-state index in [-0.39, 0.29) is 30.8 Å². The van der Waals surface area contributed by atoms with Crippen LogP contribution in [0.1, 0.15) is 27.7 Å². The van der Waals surface area contributed by atoms with Crippen molar-refractivity contribution in [3.8, 4) is 17.2 Å². The van der Waals surface area contributed by atoms with Crippen LogP contribution in [0.4, 0.5) is 0 Å². The Hall–Kier alpha value is -3.23. The topological polar surface area (TPSA) is 76.4 Å². The molecule has 1 amide bonds. The second-order valence-electron chi connectivity index (χ2n) is 9.33. The van der Waals surface area contributed by atoms with Crippen molar-refractivity contribution in [3.63, 3.8) is 0 Å². The fourth-order valence-electron chi connectivity index (χ4n) is 5.91. The fraction of sp³-hybridized carbons (Fsp3) is 0.400. The van der Waals surface area contributed by atoms with Crippen molar-refractivity contribution in [2.24, 2.45) is 7.05 Å². The number of nitrogens with zero attached hydrogens (tertiary/aromatic N) is 3. The highest BCUT2D eigenvalue weighted by Gasteiger charge is 2.54. The lowest BCUT2D eigenvalue weighted by Gasteiger charge is -2.55. The highest BCUT2D eigenvalue weighted by atomic mass is 16.7. The molecule has 0 radical (unpaired) electrons. The zero-order chi connectivity index (χ0) is 22.9. The van der Waals surface area contributed by atoms with Crippen LogP contribution in [0, 0.1) is 0 Å². The fourth-order valence-corrected chi connectivity index (χ4v) is 5.91. The van der Waals surface area contributed by atoms with Gasteiger partial charge in [-0.05, 0) is 42.9 Å². The maximum absolute atomic E-state index is 13.3. The first-order valence-electron chi connectivity index (χ1n) is 11.1. The summed E-state index contributed by atoms with van der Waals surface area (Å²) in [5, 5.41) is 11.4. The third kappa shape index (κ3) is 2.80. The third-order valence-electron chi connectivity index (χ3n) is 7.45. The summed E-state index contributed by atoms with van der Waals surface area (Å²) in [6.07, 6.45) is 0. The zero-order valence-corrected chi connectivity index (χ0v) is 19.0. The molecule has 2 aromatic carbocycles. The molecule has 3 aliphatic heterocycles. The number of hydrogen-bond donors (Lipinski definition) is 1. The first-order chi connectivity index (χ1) is 16.0. The van der Waals surface area contributed by atoms with E-state index in [1.54, 1.807) is 25.3 Å². The number of aliphatic hydroxyl groups excluding tert-OH is 1. The van der Waals surface area contributed by atoms with Crippen molar-refractivity contribution < 1.29 is 24.1 Å². The van der Waals surface area contributed by atoms with Crippen LogP contribution in [0.25, 0.3) is 10.9 Å². The minimum Gasteiger partial charge on any atom is -0.497 e. The van der Waals surface area contributed by atoms with Crippen LogP contribution in [0.15, 0.2) is 36.4 Å². The Bertz CT molecular complexity index is 1280. The Balaban J connectivity index is 1.38. The molecule has 3 aliphatic rings. The zero-order valence-electron chi connectivity index (χ0n) is 19.0. The quantitative estimate of drug-likeness (QED) is 0.661. The molecule has 1 aromatic heterocycles. The van der Waals surface area contributed by atoms with Crippen molar-refractivity contribution in [3.05, 3.63) is 53.2 Å². The number of aryl methyl sites for hydroxylation is 1. The second-order valence-corrected chi connectivity index (χ2v) is 9.33. The molecule has 1 saturated heterocycles. The van der Waals surface area contributed by atoms with Gasteiger partial charge in [0.2, 0.25) is 6.79 Å². The van der Waals surface area contributed by atoms with E-state index in [4.69, 9.17) is 14.2 Å². The number of likely N-dealkylation sites (N-methyl/N-ethyl adjacent to an activating group) is 1. The second kappa shape index (κ2) is 7.13. The van der Waals surface area contributed by atoms with E-state index in [9.17, 15) is 9.90 Å². The van der Waals surface area contributed by atoms with Gasteiger partial charge in [-0.2, -0.15) is 0 Å². The number of amides is 1. The summed E-state index contributed by atoms with van der Waals surface area (Å²) >= 11 is 0. The molecule has 8 heteroatoms. The van der Waals surface area contributed by atoms with Gasteiger partial charge in [0, 0.05) is 54.8 Å². The van der Waals surface area contributed by atoms with Crippen LogP contribution in [-0.4, -0.2) is 72.6 Å². The average Bonchev–Trinajstić information content (AvgIpc) is 3.39. The van der Waals surface area contributed by atoms with Crippen molar-refractivity contribution in [1.29, 1.82) is 0 Å². The van der Waals surface area contributed by atoms with E-state index in [0.717, 1.165) is 28.9 Å². The van der Waals surface area contributed by atoms with Gasteiger partial charge in [-0.1, -0.05) is 0 Å². The number of aromatic nitrogens is 1. The lowest BCUT2D eigenvalue weighted by Crippen LogP contribution is -2.67. The molecule has 1 fully saturated rings. The highest BCUT2D eigenvalue weighted by molar-refractivity contribution is 5.96. The van der Waals surface area contributed by atoms with Gasteiger partial charge in [0.25, 0.3) is 5.91 Å². The summed E-state index contributed by atoms with van der Waals surface area (Å²) in [5.41, 5.74) is 3.86. The Morgan fingerprint density at radius 2 is 1.91 bits per heavy atom. The van der Waals surface area contributed by atoms with Crippen LogP contribution >= 0.6 is 0 Å². The van der Waals surface area contributed by atoms with E-state index in [1.165, 1.54) is 5.56 Å². The largest absolute Gasteiger partial charge is 0.497 e. The van der Waals surface area contributed by atoms with Crippen LogP contribution in [0.5, 0.6) is 17.2 Å². The summed E-state index contributed by atoms with van der Waals surface area (Å²) < 4.78 is 18.5. The van der Waals surface area contributed by atoms with Crippen molar-refractivity contribution in [2.75, 3.05) is 47.2 Å². The molecule has 1 atom stereocenters. The minimum atomic E-state index is -0.185. The first-order valence-corrected chi connectivity index (χ1v) is 11.1. The summed E-state index contributed by atoms with van der Waals surface area (Å²) in [7, 11) is 5.76. The molecule has 1 N–H and O–H groups in total. The SMILES string of the molecule is COc1ccc2c3c(n(C)c2c1)[C@H](CO)N(C)CC31CN(C(=O)c2ccc3c(c2)OCO3)C1. The molecule has 0 aliphatic carbocycles. The van der Waals surface area contributed by atoms with E-state index in [2.05, 4.69) is 15.5 Å². The molecule has 0 unspecified atom stereocenters.